The summed E-state index contributed by atoms with van der Waals surface area (Å²) in [6, 6.07) is 8.64. The highest BCUT2D eigenvalue weighted by molar-refractivity contribution is 5.51. The van der Waals surface area contributed by atoms with Crippen molar-refractivity contribution < 1.29 is 0 Å². The van der Waals surface area contributed by atoms with E-state index >= 15 is 0 Å². The molecular formula is C13H19N. The van der Waals surface area contributed by atoms with E-state index in [0.717, 1.165) is 18.9 Å². The van der Waals surface area contributed by atoms with Gasteiger partial charge in [0.25, 0.3) is 0 Å². The molecule has 1 saturated carbocycles. The molecule has 0 heterocycles. The van der Waals surface area contributed by atoms with Crippen molar-refractivity contribution in [3.8, 4) is 0 Å². The van der Waals surface area contributed by atoms with Crippen molar-refractivity contribution in [3.05, 3.63) is 29.8 Å². The second-order valence-electron chi connectivity index (χ2n) is 4.19. The first-order valence-electron chi connectivity index (χ1n) is 5.72. The van der Waals surface area contributed by atoms with Gasteiger partial charge in [-0.15, -0.1) is 0 Å². The summed E-state index contributed by atoms with van der Waals surface area (Å²) in [6.07, 6.45) is 5.39. The van der Waals surface area contributed by atoms with Gasteiger partial charge in [0.1, 0.15) is 0 Å². The third kappa shape index (κ3) is 2.09. The minimum absolute atomic E-state index is 0.930. The van der Waals surface area contributed by atoms with Crippen molar-refractivity contribution in [3.63, 3.8) is 0 Å². The molecule has 1 heteroatoms. The normalized spacial score (nSPS) is 16.4. The summed E-state index contributed by atoms with van der Waals surface area (Å²) in [5, 5.41) is 3.57. The Bertz CT molecular complexity index is 289. The summed E-state index contributed by atoms with van der Waals surface area (Å²) >= 11 is 0. The lowest BCUT2D eigenvalue weighted by atomic mass is 9.85. The maximum atomic E-state index is 3.57. The first-order chi connectivity index (χ1) is 6.90. The van der Waals surface area contributed by atoms with Crippen LogP contribution in [0.5, 0.6) is 0 Å². The van der Waals surface area contributed by atoms with E-state index in [-0.39, 0.29) is 0 Å². The molecule has 1 aromatic rings. The van der Waals surface area contributed by atoms with Crippen LogP contribution in [0.4, 0.5) is 5.69 Å². The smallest absolute Gasteiger partial charge is 0.0372 e. The van der Waals surface area contributed by atoms with Gasteiger partial charge >= 0.3 is 0 Å². The molecule has 0 radical (unpaired) electrons. The van der Waals surface area contributed by atoms with Gasteiger partial charge in [-0.1, -0.05) is 31.5 Å². The molecule has 1 nitrogen and oxygen atoms in total. The summed E-state index contributed by atoms with van der Waals surface area (Å²) in [6.45, 7) is 3.38. The molecular weight excluding hydrogens is 170 g/mol. The Balaban J connectivity index is 1.93. The SMILES string of the molecule is CCc1ccccc1NCC1CCC1. The number of rotatable bonds is 4. The third-order valence-electron chi connectivity index (χ3n) is 3.20. The molecule has 1 aromatic carbocycles. The Morgan fingerprint density at radius 1 is 1.29 bits per heavy atom. The molecule has 1 aliphatic rings. The average Bonchev–Trinajstić information content (AvgIpc) is 2.16. The van der Waals surface area contributed by atoms with E-state index in [1.807, 2.05) is 0 Å². The topological polar surface area (TPSA) is 12.0 Å². The van der Waals surface area contributed by atoms with Gasteiger partial charge < -0.3 is 5.32 Å². The summed E-state index contributed by atoms with van der Waals surface area (Å²) < 4.78 is 0. The lowest BCUT2D eigenvalue weighted by Crippen LogP contribution is -2.21. The van der Waals surface area contributed by atoms with Crippen molar-refractivity contribution in [1.82, 2.24) is 0 Å². The van der Waals surface area contributed by atoms with Gasteiger partial charge in [0.2, 0.25) is 0 Å². The lowest BCUT2D eigenvalue weighted by Gasteiger charge is -2.26. The minimum atomic E-state index is 0.930. The van der Waals surface area contributed by atoms with Crippen LogP contribution < -0.4 is 5.32 Å². The van der Waals surface area contributed by atoms with Crippen LogP contribution in [-0.2, 0) is 6.42 Å². The molecule has 0 spiro atoms. The fraction of sp³-hybridized carbons (Fsp3) is 0.538. The molecule has 0 aliphatic heterocycles. The number of hydrogen-bond donors (Lipinski definition) is 1. The molecule has 0 bridgehead atoms. The fourth-order valence-corrected chi connectivity index (χ4v) is 1.95. The average molecular weight is 189 g/mol. The molecule has 0 aromatic heterocycles. The molecule has 1 aliphatic carbocycles. The van der Waals surface area contributed by atoms with Crippen LogP contribution in [0.15, 0.2) is 24.3 Å². The van der Waals surface area contributed by atoms with Crippen LogP contribution in [0.2, 0.25) is 0 Å². The maximum Gasteiger partial charge on any atom is 0.0372 e. The highest BCUT2D eigenvalue weighted by Gasteiger charge is 2.16. The number of aryl methyl sites for hydroxylation is 1. The first-order valence-corrected chi connectivity index (χ1v) is 5.72. The number of nitrogens with one attached hydrogen (secondary N) is 1. The number of hydrogen-bond acceptors (Lipinski definition) is 1. The first kappa shape index (κ1) is 9.57. The Kier molecular flexibility index (Phi) is 3.07. The molecule has 0 unspecified atom stereocenters. The molecule has 2 rings (SSSR count). The number of anilines is 1. The van der Waals surface area contributed by atoms with Crippen LogP contribution in [0.1, 0.15) is 31.7 Å². The summed E-state index contributed by atoms with van der Waals surface area (Å²) in [5.41, 5.74) is 2.77. The lowest BCUT2D eigenvalue weighted by molar-refractivity contribution is 0.333. The van der Waals surface area contributed by atoms with E-state index < -0.39 is 0 Å². The molecule has 0 atom stereocenters. The van der Waals surface area contributed by atoms with Gasteiger partial charge in [0, 0.05) is 12.2 Å². The zero-order valence-corrected chi connectivity index (χ0v) is 8.92. The van der Waals surface area contributed by atoms with Gasteiger partial charge in [-0.25, -0.2) is 0 Å². The zero-order chi connectivity index (χ0) is 9.80. The predicted molar refractivity (Wildman–Crippen MR) is 61.7 cm³/mol. The fourth-order valence-electron chi connectivity index (χ4n) is 1.95. The van der Waals surface area contributed by atoms with E-state index in [1.54, 1.807) is 0 Å². The van der Waals surface area contributed by atoms with E-state index in [1.165, 1.54) is 30.5 Å². The quantitative estimate of drug-likeness (QED) is 0.764. The van der Waals surface area contributed by atoms with Crippen LogP contribution in [-0.4, -0.2) is 6.54 Å². The Labute approximate surface area is 86.5 Å². The third-order valence-corrected chi connectivity index (χ3v) is 3.20. The van der Waals surface area contributed by atoms with Crippen LogP contribution >= 0.6 is 0 Å². The zero-order valence-electron chi connectivity index (χ0n) is 8.92. The van der Waals surface area contributed by atoms with Crippen LogP contribution in [0.25, 0.3) is 0 Å². The summed E-state index contributed by atoms with van der Waals surface area (Å²) in [5.74, 6) is 0.930. The maximum absolute atomic E-state index is 3.57. The van der Waals surface area contributed by atoms with Gasteiger partial charge in [-0.3, -0.25) is 0 Å². The highest BCUT2D eigenvalue weighted by Crippen LogP contribution is 2.27. The second kappa shape index (κ2) is 4.50. The van der Waals surface area contributed by atoms with Gasteiger partial charge in [0.05, 0.1) is 0 Å². The second-order valence-corrected chi connectivity index (χ2v) is 4.19. The van der Waals surface area contributed by atoms with Crippen molar-refractivity contribution in [2.45, 2.75) is 32.6 Å². The standard InChI is InChI=1S/C13H19N/c1-2-12-8-3-4-9-13(12)14-10-11-6-5-7-11/h3-4,8-9,11,14H,2,5-7,10H2,1H3. The monoisotopic (exact) mass is 189 g/mol. The van der Waals surface area contributed by atoms with Gasteiger partial charge in [0.15, 0.2) is 0 Å². The van der Waals surface area contributed by atoms with Crippen molar-refractivity contribution in [2.75, 3.05) is 11.9 Å². The minimum Gasteiger partial charge on any atom is -0.385 e. The Morgan fingerprint density at radius 2 is 2.07 bits per heavy atom. The molecule has 1 fully saturated rings. The van der Waals surface area contributed by atoms with Crippen LogP contribution in [0, 0.1) is 5.92 Å². The van der Waals surface area contributed by atoms with Gasteiger partial charge in [-0.2, -0.15) is 0 Å². The van der Waals surface area contributed by atoms with Crippen molar-refractivity contribution >= 4 is 5.69 Å². The molecule has 0 saturated heterocycles. The van der Waals surface area contributed by atoms with Crippen LogP contribution in [0.3, 0.4) is 0 Å². The number of benzene rings is 1. The number of para-hydroxylation sites is 1. The van der Waals surface area contributed by atoms with E-state index in [0.29, 0.717) is 0 Å². The molecule has 1 N–H and O–H groups in total. The molecule has 0 amide bonds. The van der Waals surface area contributed by atoms with E-state index in [9.17, 15) is 0 Å². The van der Waals surface area contributed by atoms with Crippen molar-refractivity contribution in [1.29, 1.82) is 0 Å². The van der Waals surface area contributed by atoms with E-state index in [2.05, 4.69) is 36.5 Å². The Morgan fingerprint density at radius 3 is 2.71 bits per heavy atom. The Hall–Kier alpha value is -0.980. The largest absolute Gasteiger partial charge is 0.385 e. The van der Waals surface area contributed by atoms with Crippen molar-refractivity contribution in [2.24, 2.45) is 5.92 Å². The molecule has 76 valence electrons. The highest BCUT2D eigenvalue weighted by atomic mass is 14.9. The van der Waals surface area contributed by atoms with E-state index in [4.69, 9.17) is 0 Å². The van der Waals surface area contributed by atoms with Gasteiger partial charge in [-0.05, 0) is 36.8 Å². The predicted octanol–water partition coefficient (Wildman–Crippen LogP) is 3.46. The summed E-state index contributed by atoms with van der Waals surface area (Å²) in [7, 11) is 0. The summed E-state index contributed by atoms with van der Waals surface area (Å²) in [4.78, 5) is 0. The molecule has 14 heavy (non-hydrogen) atoms.